The lowest BCUT2D eigenvalue weighted by molar-refractivity contribution is -0.114. The van der Waals surface area contributed by atoms with Crippen molar-refractivity contribution in [1.82, 2.24) is 0 Å². The number of rotatable bonds is 6. The lowest BCUT2D eigenvalue weighted by Crippen LogP contribution is -2.38. The predicted octanol–water partition coefficient (Wildman–Crippen LogP) is 4.22. The molecule has 0 aromatic heterocycles. The minimum Gasteiger partial charge on any atom is -0.486 e. The molecule has 3 aromatic carbocycles. The van der Waals surface area contributed by atoms with Crippen molar-refractivity contribution in [1.29, 1.82) is 0 Å². The van der Waals surface area contributed by atoms with Crippen LogP contribution in [0.3, 0.4) is 0 Å². The van der Waals surface area contributed by atoms with Crippen LogP contribution in [0.2, 0.25) is 0 Å². The molecule has 0 atom stereocenters. The maximum absolute atomic E-state index is 13.6. The molecule has 0 fully saturated rings. The van der Waals surface area contributed by atoms with E-state index in [1.807, 2.05) is 26.8 Å². The molecule has 172 valence electrons. The van der Waals surface area contributed by atoms with Crippen molar-refractivity contribution in [3.8, 4) is 11.5 Å². The first kappa shape index (κ1) is 22.7. The van der Waals surface area contributed by atoms with Gasteiger partial charge in [-0.15, -0.1) is 0 Å². The molecule has 1 heterocycles. The number of sulfonamides is 1. The van der Waals surface area contributed by atoms with Gasteiger partial charge >= 0.3 is 0 Å². The number of amides is 1. The molecule has 33 heavy (non-hydrogen) atoms. The summed E-state index contributed by atoms with van der Waals surface area (Å²) >= 11 is 0. The zero-order valence-corrected chi connectivity index (χ0v) is 19.6. The Morgan fingerprint density at radius 3 is 2.36 bits per heavy atom. The Kier molecular flexibility index (Phi) is 6.29. The average molecular weight is 467 g/mol. The quantitative estimate of drug-likeness (QED) is 0.588. The monoisotopic (exact) mass is 466 g/mol. The molecule has 4 rings (SSSR count). The van der Waals surface area contributed by atoms with Gasteiger partial charge in [0.1, 0.15) is 19.8 Å². The molecule has 1 N–H and O–H groups in total. The smallest absolute Gasteiger partial charge is 0.264 e. The first-order chi connectivity index (χ1) is 15.8. The summed E-state index contributed by atoms with van der Waals surface area (Å²) in [5.41, 5.74) is 3.64. The molecule has 0 bridgehead atoms. The molecule has 0 unspecified atom stereocenters. The first-order valence-electron chi connectivity index (χ1n) is 10.6. The van der Waals surface area contributed by atoms with Gasteiger partial charge in [-0.25, -0.2) is 8.42 Å². The van der Waals surface area contributed by atoms with E-state index in [1.54, 1.807) is 54.6 Å². The van der Waals surface area contributed by atoms with Gasteiger partial charge in [0.05, 0.1) is 10.6 Å². The van der Waals surface area contributed by atoms with Gasteiger partial charge in [-0.2, -0.15) is 0 Å². The molecule has 0 saturated heterocycles. The van der Waals surface area contributed by atoms with Gasteiger partial charge in [0, 0.05) is 11.8 Å². The maximum Gasteiger partial charge on any atom is 0.264 e. The van der Waals surface area contributed by atoms with Crippen molar-refractivity contribution in [2.45, 2.75) is 25.7 Å². The van der Waals surface area contributed by atoms with Crippen LogP contribution in [-0.4, -0.2) is 34.1 Å². The third kappa shape index (κ3) is 4.80. The molecule has 0 radical (unpaired) electrons. The number of anilines is 2. The lowest BCUT2D eigenvalue weighted by Gasteiger charge is -2.26. The summed E-state index contributed by atoms with van der Waals surface area (Å²) in [7, 11) is -3.98. The second kappa shape index (κ2) is 9.15. The fourth-order valence-electron chi connectivity index (χ4n) is 3.59. The van der Waals surface area contributed by atoms with Crippen LogP contribution in [0.5, 0.6) is 11.5 Å². The number of carbonyl (C=O) groups is 1. The van der Waals surface area contributed by atoms with Gasteiger partial charge in [-0.3, -0.25) is 9.10 Å². The fraction of sp³-hybridized carbons (Fsp3) is 0.240. The number of aryl methyl sites for hydroxylation is 2. The van der Waals surface area contributed by atoms with Gasteiger partial charge in [-0.1, -0.05) is 29.8 Å². The van der Waals surface area contributed by atoms with E-state index in [9.17, 15) is 13.2 Å². The number of fused-ring (bicyclic) bond motifs is 1. The number of carbonyl (C=O) groups excluding carboxylic acids is 1. The maximum atomic E-state index is 13.6. The van der Waals surface area contributed by atoms with Crippen LogP contribution in [0, 0.1) is 20.8 Å². The third-order valence-corrected chi connectivity index (χ3v) is 7.34. The largest absolute Gasteiger partial charge is 0.486 e. The molecule has 0 aliphatic carbocycles. The second-order valence-corrected chi connectivity index (χ2v) is 9.81. The molecule has 8 heteroatoms. The lowest BCUT2D eigenvalue weighted by atomic mass is 10.1. The Balaban J connectivity index is 1.65. The Bertz CT molecular complexity index is 1290. The number of ether oxygens (including phenoxy) is 2. The fourth-order valence-corrected chi connectivity index (χ4v) is 5.07. The first-order valence-corrected chi connectivity index (χ1v) is 12.0. The van der Waals surface area contributed by atoms with Gasteiger partial charge in [-0.05, 0) is 62.2 Å². The summed E-state index contributed by atoms with van der Waals surface area (Å²) in [6, 6.07) is 17.1. The van der Waals surface area contributed by atoms with Crippen LogP contribution in [-0.2, 0) is 14.8 Å². The average Bonchev–Trinajstić information content (AvgIpc) is 2.80. The molecule has 1 aliphatic rings. The third-order valence-electron chi connectivity index (χ3n) is 5.57. The predicted molar refractivity (Wildman–Crippen MR) is 128 cm³/mol. The van der Waals surface area contributed by atoms with Crippen molar-refractivity contribution < 1.29 is 22.7 Å². The van der Waals surface area contributed by atoms with E-state index in [1.165, 1.54) is 0 Å². The minimum atomic E-state index is -3.98. The van der Waals surface area contributed by atoms with E-state index < -0.39 is 15.9 Å². The van der Waals surface area contributed by atoms with Crippen LogP contribution in [0.15, 0.2) is 65.6 Å². The molecular weight excluding hydrogens is 440 g/mol. The van der Waals surface area contributed by atoms with Gasteiger partial charge in [0.25, 0.3) is 10.0 Å². The van der Waals surface area contributed by atoms with E-state index in [0.717, 1.165) is 21.0 Å². The summed E-state index contributed by atoms with van der Waals surface area (Å²) < 4.78 is 39.4. The summed E-state index contributed by atoms with van der Waals surface area (Å²) in [4.78, 5) is 13.1. The van der Waals surface area contributed by atoms with Crippen LogP contribution in [0.1, 0.15) is 16.7 Å². The van der Waals surface area contributed by atoms with Gasteiger partial charge in [0.15, 0.2) is 11.5 Å². The minimum absolute atomic E-state index is 0.126. The van der Waals surface area contributed by atoms with Crippen LogP contribution < -0.4 is 19.1 Å². The standard InChI is InChI=1S/C25H26N2O5S/c1-17-7-10-21(11-8-17)33(29,30)27(22-6-4-5-18(2)19(22)3)16-25(28)26-20-9-12-23-24(15-20)32-14-13-31-23/h4-12,15H,13-14,16H2,1-3H3,(H,26,28). The summed E-state index contributed by atoms with van der Waals surface area (Å²) in [5, 5.41) is 2.78. The summed E-state index contributed by atoms with van der Waals surface area (Å²) in [5.74, 6) is 0.680. The summed E-state index contributed by atoms with van der Waals surface area (Å²) in [6.07, 6.45) is 0. The van der Waals surface area contributed by atoms with E-state index in [4.69, 9.17) is 9.47 Å². The molecule has 0 spiro atoms. The number of hydrogen-bond donors (Lipinski definition) is 1. The van der Waals surface area contributed by atoms with Crippen LogP contribution in [0.4, 0.5) is 11.4 Å². The highest BCUT2D eigenvalue weighted by molar-refractivity contribution is 7.92. The highest BCUT2D eigenvalue weighted by Gasteiger charge is 2.28. The Labute approximate surface area is 194 Å². The molecule has 1 aliphatic heterocycles. The topological polar surface area (TPSA) is 84.9 Å². The Hall–Kier alpha value is -3.52. The molecule has 3 aromatic rings. The normalized spacial score (nSPS) is 12.8. The molecule has 7 nitrogen and oxygen atoms in total. The molecular formula is C25H26N2O5S. The second-order valence-electron chi connectivity index (χ2n) is 7.95. The number of nitrogens with zero attached hydrogens (tertiary/aromatic N) is 1. The Morgan fingerprint density at radius 1 is 0.939 bits per heavy atom. The zero-order valence-electron chi connectivity index (χ0n) is 18.8. The van der Waals surface area contributed by atoms with Crippen molar-refractivity contribution in [2.24, 2.45) is 0 Å². The van der Waals surface area contributed by atoms with Crippen LogP contribution in [0.25, 0.3) is 0 Å². The van der Waals surface area contributed by atoms with E-state index in [-0.39, 0.29) is 11.4 Å². The zero-order chi connectivity index (χ0) is 23.6. The van der Waals surface area contributed by atoms with E-state index >= 15 is 0 Å². The highest BCUT2D eigenvalue weighted by atomic mass is 32.2. The number of nitrogens with one attached hydrogen (secondary N) is 1. The molecule has 0 saturated carbocycles. The van der Waals surface area contributed by atoms with Crippen molar-refractivity contribution in [2.75, 3.05) is 29.4 Å². The summed E-state index contributed by atoms with van der Waals surface area (Å²) in [6.45, 7) is 6.17. The Morgan fingerprint density at radius 2 is 1.64 bits per heavy atom. The van der Waals surface area contributed by atoms with Crippen LogP contribution >= 0.6 is 0 Å². The van der Waals surface area contributed by atoms with Gasteiger partial charge < -0.3 is 14.8 Å². The highest BCUT2D eigenvalue weighted by Crippen LogP contribution is 2.33. The van der Waals surface area contributed by atoms with E-state index in [0.29, 0.717) is 36.1 Å². The SMILES string of the molecule is Cc1ccc(S(=O)(=O)N(CC(=O)Nc2ccc3c(c2)OCCO3)c2cccc(C)c2C)cc1. The number of benzene rings is 3. The molecule has 1 amide bonds. The van der Waals surface area contributed by atoms with Gasteiger partial charge in [0.2, 0.25) is 5.91 Å². The number of hydrogen-bond acceptors (Lipinski definition) is 5. The van der Waals surface area contributed by atoms with Crippen molar-refractivity contribution in [3.05, 3.63) is 77.4 Å². The van der Waals surface area contributed by atoms with E-state index in [2.05, 4.69) is 5.32 Å². The van der Waals surface area contributed by atoms with Crippen molar-refractivity contribution in [3.63, 3.8) is 0 Å². The van der Waals surface area contributed by atoms with Crippen molar-refractivity contribution >= 4 is 27.3 Å².